The highest BCUT2D eigenvalue weighted by molar-refractivity contribution is 6.60. The number of β-amino-alcohol motifs (C(OH)–C–C–N with tert-alkyl or cyclic N) is 1. The summed E-state index contributed by atoms with van der Waals surface area (Å²) in [5, 5.41) is 10.8. The van der Waals surface area contributed by atoms with Crippen LogP contribution in [-0.2, 0) is 10.3 Å². The van der Waals surface area contributed by atoms with Gasteiger partial charge in [0.05, 0.1) is 35.4 Å². The lowest BCUT2D eigenvalue weighted by atomic mass is 9.48. The summed E-state index contributed by atoms with van der Waals surface area (Å²) in [6, 6.07) is 13.4. The highest BCUT2D eigenvalue weighted by Gasteiger charge is 2.49. The van der Waals surface area contributed by atoms with E-state index in [1.54, 1.807) is 45.2 Å². The minimum atomic E-state index is -3.05. The Labute approximate surface area is 279 Å². The third-order valence-electron chi connectivity index (χ3n) is 9.35. The van der Waals surface area contributed by atoms with E-state index in [2.05, 4.69) is 9.55 Å². The number of amides is 2. The van der Waals surface area contributed by atoms with Gasteiger partial charge in [-0.15, -0.1) is 0 Å². The standard InChI is InChI=1S/C33H36B3F2N5O5/c1-31(2,3)48-30(45)41-12-11-32(46,16-41)25-10-8-18(15-39-25)17-7-9-20-21(13-17)42-22-14-23(27(42)40-20)43(33(34,35)36)28(44)19-5-4-6-24(26(19)22)47-29(37)38/h4-10,13,15,22-23,29,46H,11-12,14,16,34-36H2,1-3H3/t22-,23-,32?/m1/s1. The fourth-order valence-electron chi connectivity index (χ4n) is 7.39. The number of halogens is 2. The molecule has 3 aliphatic heterocycles. The first kappa shape index (κ1) is 32.2. The Bertz CT molecular complexity index is 1940. The molecule has 48 heavy (non-hydrogen) atoms. The molecule has 5 heterocycles. The van der Waals surface area contributed by atoms with Crippen LogP contribution >= 0.6 is 0 Å². The van der Waals surface area contributed by atoms with Crippen LogP contribution in [-0.4, -0.2) is 95.5 Å². The highest BCUT2D eigenvalue weighted by Crippen LogP contribution is 2.51. The summed E-state index contributed by atoms with van der Waals surface area (Å²) < 4.78 is 39.7. The van der Waals surface area contributed by atoms with Gasteiger partial charge in [-0.1, -0.05) is 18.2 Å². The zero-order valence-electron chi connectivity index (χ0n) is 27.8. The molecular formula is C33H36B3F2N5O5. The Morgan fingerprint density at radius 2 is 1.83 bits per heavy atom. The number of aliphatic hydroxyl groups is 1. The summed E-state index contributed by atoms with van der Waals surface area (Å²) in [5.74, 6) is 0.434. The molecular weight excluding hydrogens is 617 g/mol. The number of carbonyl (C=O) groups excluding carboxylic acids is 2. The van der Waals surface area contributed by atoms with Gasteiger partial charge in [0, 0.05) is 42.3 Å². The first-order valence-corrected chi connectivity index (χ1v) is 16.1. The number of likely N-dealkylation sites (tertiary alicyclic amines) is 1. The van der Waals surface area contributed by atoms with Gasteiger partial charge >= 0.3 is 12.7 Å². The smallest absolute Gasteiger partial charge is 0.410 e. The molecule has 0 radical (unpaired) electrons. The molecule has 2 bridgehead atoms. The van der Waals surface area contributed by atoms with Gasteiger partial charge in [0.15, 0.2) is 0 Å². The largest absolute Gasteiger partial charge is 0.444 e. The Balaban J connectivity index is 1.26. The van der Waals surface area contributed by atoms with Crippen molar-refractivity contribution in [3.05, 3.63) is 77.4 Å². The maximum Gasteiger partial charge on any atom is 0.410 e. The number of hydrogen-bond acceptors (Lipinski definition) is 7. The number of carbonyl (C=O) groups is 2. The molecule has 1 unspecified atom stereocenters. The molecule has 0 aliphatic carbocycles. The molecule has 0 spiro atoms. The summed E-state index contributed by atoms with van der Waals surface area (Å²) in [5.41, 5.74) is 2.45. The van der Waals surface area contributed by atoms with Crippen LogP contribution in [0.15, 0.2) is 54.7 Å². The topological polar surface area (TPSA) is 110 Å². The molecule has 4 aromatic rings. The van der Waals surface area contributed by atoms with Crippen molar-refractivity contribution >= 4 is 46.6 Å². The SMILES string of the molecule is BC(B)(B)N1C(=O)c2cccc(OC(F)F)c2[C@H]2C[C@@H]1c1nc3ccc(-c4ccc(C5(O)CCN(C(=O)OC(C)(C)C)C5)nc4)cc3n12. The van der Waals surface area contributed by atoms with Crippen LogP contribution in [0.4, 0.5) is 13.6 Å². The molecule has 15 heteroatoms. The molecule has 3 aliphatic rings. The molecule has 246 valence electrons. The number of ether oxygens (including phenoxy) is 2. The third kappa shape index (κ3) is 5.41. The number of imidazole rings is 1. The van der Waals surface area contributed by atoms with Gasteiger partial charge < -0.3 is 28.9 Å². The van der Waals surface area contributed by atoms with Gasteiger partial charge in [-0.2, -0.15) is 8.78 Å². The molecule has 0 saturated carbocycles. The van der Waals surface area contributed by atoms with Crippen molar-refractivity contribution in [1.29, 1.82) is 0 Å². The van der Waals surface area contributed by atoms with E-state index in [0.717, 1.165) is 16.6 Å². The van der Waals surface area contributed by atoms with Gasteiger partial charge in [0.25, 0.3) is 5.91 Å². The first-order chi connectivity index (χ1) is 22.5. The Morgan fingerprint density at radius 1 is 1.08 bits per heavy atom. The number of benzene rings is 2. The van der Waals surface area contributed by atoms with Crippen molar-refractivity contribution in [2.24, 2.45) is 0 Å². The number of hydrogen-bond donors (Lipinski definition) is 1. The van der Waals surface area contributed by atoms with E-state index in [1.807, 2.05) is 52.7 Å². The van der Waals surface area contributed by atoms with Crippen LogP contribution in [0.3, 0.4) is 0 Å². The van der Waals surface area contributed by atoms with E-state index < -0.39 is 35.2 Å². The van der Waals surface area contributed by atoms with E-state index in [0.29, 0.717) is 47.5 Å². The van der Waals surface area contributed by atoms with Crippen molar-refractivity contribution < 1.29 is 33.0 Å². The molecule has 2 aromatic heterocycles. The number of pyridine rings is 1. The van der Waals surface area contributed by atoms with Gasteiger partial charge in [0.1, 0.15) is 46.3 Å². The maximum atomic E-state index is 14.0. The Hall–Kier alpha value is -4.39. The van der Waals surface area contributed by atoms with Gasteiger partial charge in [-0.05, 0) is 61.9 Å². The second kappa shape index (κ2) is 11.1. The zero-order chi connectivity index (χ0) is 34.3. The van der Waals surface area contributed by atoms with Crippen molar-refractivity contribution in [3.8, 4) is 16.9 Å². The summed E-state index contributed by atoms with van der Waals surface area (Å²) in [6.07, 6.45) is 2.03. The molecule has 1 saturated heterocycles. The van der Waals surface area contributed by atoms with Crippen molar-refractivity contribution in [1.82, 2.24) is 24.3 Å². The number of aromatic nitrogens is 3. The van der Waals surface area contributed by atoms with Crippen LogP contribution in [0.5, 0.6) is 5.75 Å². The van der Waals surface area contributed by atoms with Gasteiger partial charge in [-0.25, -0.2) is 9.78 Å². The van der Waals surface area contributed by atoms with Crippen LogP contribution in [0.25, 0.3) is 22.2 Å². The highest BCUT2D eigenvalue weighted by atomic mass is 19.3. The first-order valence-electron chi connectivity index (χ1n) is 16.1. The molecule has 10 nitrogen and oxygen atoms in total. The lowest BCUT2D eigenvalue weighted by molar-refractivity contribution is -0.0507. The number of alkyl halides is 2. The predicted octanol–water partition coefficient (Wildman–Crippen LogP) is 2.53. The lowest BCUT2D eigenvalue weighted by Crippen LogP contribution is -2.54. The number of rotatable bonds is 5. The lowest BCUT2D eigenvalue weighted by Gasteiger charge is -2.40. The summed E-state index contributed by atoms with van der Waals surface area (Å²) >= 11 is 0. The molecule has 1 N–H and O–H groups in total. The van der Waals surface area contributed by atoms with Crippen LogP contribution in [0, 0.1) is 0 Å². The molecule has 3 atom stereocenters. The van der Waals surface area contributed by atoms with Gasteiger partial charge in [0.2, 0.25) is 0 Å². The normalized spacial score (nSPS) is 22.2. The molecule has 1 fully saturated rings. The predicted molar refractivity (Wildman–Crippen MR) is 182 cm³/mol. The van der Waals surface area contributed by atoms with Crippen LogP contribution in [0.2, 0.25) is 0 Å². The number of nitrogens with zero attached hydrogens (tertiary/aromatic N) is 5. The van der Waals surface area contributed by atoms with Crippen molar-refractivity contribution in [2.45, 2.75) is 68.7 Å². The fourth-order valence-corrected chi connectivity index (χ4v) is 7.39. The summed E-state index contributed by atoms with van der Waals surface area (Å²) in [6.45, 7) is 2.79. The van der Waals surface area contributed by atoms with Crippen LogP contribution < -0.4 is 4.74 Å². The average molecular weight is 653 g/mol. The minimum absolute atomic E-state index is 0.0175. The summed E-state index contributed by atoms with van der Waals surface area (Å²) in [4.78, 5) is 39.5. The second-order valence-electron chi connectivity index (χ2n) is 14.9. The molecule has 7 rings (SSSR count). The van der Waals surface area contributed by atoms with E-state index >= 15 is 0 Å². The Kier molecular flexibility index (Phi) is 7.43. The van der Waals surface area contributed by atoms with Crippen molar-refractivity contribution in [3.63, 3.8) is 0 Å². The van der Waals surface area contributed by atoms with E-state index in [1.165, 1.54) is 11.0 Å². The second-order valence-corrected chi connectivity index (χ2v) is 14.9. The maximum absolute atomic E-state index is 14.0. The zero-order valence-corrected chi connectivity index (χ0v) is 27.8. The van der Waals surface area contributed by atoms with Gasteiger partial charge in [-0.3, -0.25) is 9.78 Å². The fraction of sp³-hybridized carbons (Fsp3) is 0.394. The molecule has 2 amide bonds. The minimum Gasteiger partial charge on any atom is -0.444 e. The quantitative estimate of drug-likeness (QED) is 0.330. The van der Waals surface area contributed by atoms with E-state index in [-0.39, 0.29) is 24.2 Å². The summed E-state index contributed by atoms with van der Waals surface area (Å²) in [7, 11) is 5.88. The monoisotopic (exact) mass is 653 g/mol. The van der Waals surface area contributed by atoms with Crippen molar-refractivity contribution in [2.75, 3.05) is 13.1 Å². The average Bonchev–Trinajstić information content (AvgIpc) is 3.66. The van der Waals surface area contributed by atoms with Crippen LogP contribution in [0.1, 0.15) is 73.1 Å². The molecule has 2 aromatic carbocycles. The number of fused-ring (bicyclic) bond motifs is 9. The Morgan fingerprint density at radius 3 is 2.50 bits per heavy atom. The van der Waals surface area contributed by atoms with E-state index in [9.17, 15) is 23.5 Å². The van der Waals surface area contributed by atoms with E-state index in [4.69, 9.17) is 14.5 Å². The third-order valence-corrected chi connectivity index (χ3v) is 9.35.